The van der Waals surface area contributed by atoms with Crippen molar-refractivity contribution in [3.05, 3.63) is 0 Å². The highest BCUT2D eigenvalue weighted by Crippen LogP contribution is 1.89. The monoisotopic (exact) mass is 200 g/mol. The highest BCUT2D eigenvalue weighted by atomic mass is 15.1. The summed E-state index contributed by atoms with van der Waals surface area (Å²) in [6, 6.07) is 1.32. The van der Waals surface area contributed by atoms with Crippen LogP contribution in [0.4, 0.5) is 0 Å². The molecule has 0 spiro atoms. The summed E-state index contributed by atoms with van der Waals surface area (Å²) in [6.45, 7) is 11.2. The molecule has 0 radical (unpaired) electrons. The van der Waals surface area contributed by atoms with Gasteiger partial charge in [-0.25, -0.2) is 0 Å². The number of hydrogen-bond acceptors (Lipinski definition) is 4. The van der Waals surface area contributed by atoms with Crippen molar-refractivity contribution in [2.45, 2.75) is 25.9 Å². The van der Waals surface area contributed by atoms with Crippen LogP contribution in [-0.2, 0) is 0 Å². The first-order chi connectivity index (χ1) is 6.79. The van der Waals surface area contributed by atoms with Crippen molar-refractivity contribution in [3.8, 4) is 0 Å². The number of nitrogens with one attached hydrogen (secondary N) is 4. The third-order valence-electron chi connectivity index (χ3n) is 2.50. The molecule has 2 aliphatic heterocycles. The van der Waals surface area contributed by atoms with Crippen molar-refractivity contribution in [3.63, 3.8) is 0 Å². The van der Waals surface area contributed by atoms with Crippen LogP contribution in [0.1, 0.15) is 13.8 Å². The standard InChI is InChI=1S/C6H14N2.C4H10N2/c1-5-3-8-6(2)4-7-5;1-2-6-4-3-5-1/h5-8H,3-4H2,1-2H3;5-6H,1-4H2. The Morgan fingerprint density at radius 3 is 1.29 bits per heavy atom. The van der Waals surface area contributed by atoms with E-state index in [4.69, 9.17) is 0 Å². The first-order valence-electron chi connectivity index (χ1n) is 5.67. The number of rotatable bonds is 0. The Bertz CT molecular complexity index is 107. The molecule has 4 N–H and O–H groups in total. The zero-order valence-corrected chi connectivity index (χ0v) is 9.40. The van der Waals surface area contributed by atoms with Gasteiger partial charge < -0.3 is 21.3 Å². The molecular formula is C10H24N4. The summed E-state index contributed by atoms with van der Waals surface area (Å²) < 4.78 is 0. The Hall–Kier alpha value is -0.160. The normalized spacial score (nSPS) is 33.0. The van der Waals surface area contributed by atoms with Gasteiger partial charge in [0.25, 0.3) is 0 Å². The van der Waals surface area contributed by atoms with Crippen LogP contribution < -0.4 is 21.3 Å². The Morgan fingerprint density at radius 2 is 1.07 bits per heavy atom. The minimum absolute atomic E-state index is 0.659. The maximum absolute atomic E-state index is 3.37. The topological polar surface area (TPSA) is 48.1 Å². The predicted molar refractivity (Wildman–Crippen MR) is 60.7 cm³/mol. The molecule has 4 nitrogen and oxygen atoms in total. The molecule has 0 amide bonds. The number of piperazine rings is 2. The minimum atomic E-state index is 0.659. The van der Waals surface area contributed by atoms with Crippen LogP contribution in [0, 0.1) is 0 Å². The fraction of sp³-hybridized carbons (Fsp3) is 1.00. The SMILES string of the molecule is C1CNCCN1.CC1CNC(C)CN1. The second-order valence-electron chi connectivity index (χ2n) is 4.12. The average molecular weight is 200 g/mol. The summed E-state index contributed by atoms with van der Waals surface area (Å²) in [5.74, 6) is 0. The van der Waals surface area contributed by atoms with Crippen LogP contribution in [0.25, 0.3) is 0 Å². The van der Waals surface area contributed by atoms with Gasteiger partial charge in [0.15, 0.2) is 0 Å². The molecule has 84 valence electrons. The number of hydrogen-bond donors (Lipinski definition) is 4. The van der Waals surface area contributed by atoms with Crippen LogP contribution in [0.3, 0.4) is 0 Å². The van der Waals surface area contributed by atoms with Gasteiger partial charge in [0.1, 0.15) is 0 Å². The highest BCUT2D eigenvalue weighted by molar-refractivity contribution is 4.76. The molecule has 4 heteroatoms. The second kappa shape index (κ2) is 7.17. The van der Waals surface area contributed by atoms with Crippen LogP contribution in [-0.4, -0.2) is 51.4 Å². The van der Waals surface area contributed by atoms with E-state index in [1.54, 1.807) is 0 Å². The molecular weight excluding hydrogens is 176 g/mol. The third kappa shape index (κ3) is 5.54. The van der Waals surface area contributed by atoms with Gasteiger partial charge in [0.2, 0.25) is 0 Å². The van der Waals surface area contributed by atoms with E-state index in [1.165, 1.54) is 0 Å². The Labute approximate surface area is 87.2 Å². The molecule has 2 unspecified atom stereocenters. The van der Waals surface area contributed by atoms with Gasteiger partial charge in [0.05, 0.1) is 0 Å². The molecule has 14 heavy (non-hydrogen) atoms. The molecule has 2 aliphatic rings. The second-order valence-corrected chi connectivity index (χ2v) is 4.12. The molecule has 2 atom stereocenters. The molecule has 0 saturated carbocycles. The molecule has 2 heterocycles. The molecule has 2 saturated heterocycles. The average Bonchev–Trinajstić information content (AvgIpc) is 2.26. The van der Waals surface area contributed by atoms with E-state index in [-0.39, 0.29) is 0 Å². The van der Waals surface area contributed by atoms with Gasteiger partial charge in [-0.15, -0.1) is 0 Å². The van der Waals surface area contributed by atoms with E-state index in [9.17, 15) is 0 Å². The van der Waals surface area contributed by atoms with Crippen LogP contribution >= 0.6 is 0 Å². The summed E-state index contributed by atoms with van der Waals surface area (Å²) in [7, 11) is 0. The van der Waals surface area contributed by atoms with Gasteiger partial charge in [-0.2, -0.15) is 0 Å². The van der Waals surface area contributed by atoms with Crippen molar-refractivity contribution in [2.75, 3.05) is 39.3 Å². The summed E-state index contributed by atoms with van der Waals surface area (Å²) in [6.07, 6.45) is 0. The van der Waals surface area contributed by atoms with E-state index in [0.717, 1.165) is 39.3 Å². The summed E-state index contributed by atoms with van der Waals surface area (Å²) >= 11 is 0. The Morgan fingerprint density at radius 1 is 0.714 bits per heavy atom. The van der Waals surface area contributed by atoms with Crippen molar-refractivity contribution < 1.29 is 0 Å². The van der Waals surface area contributed by atoms with E-state index in [2.05, 4.69) is 35.1 Å². The van der Waals surface area contributed by atoms with Gasteiger partial charge in [0, 0.05) is 51.4 Å². The molecule has 0 aromatic heterocycles. The van der Waals surface area contributed by atoms with Crippen molar-refractivity contribution in [1.29, 1.82) is 0 Å². The zero-order chi connectivity index (χ0) is 10.2. The Kier molecular flexibility index (Phi) is 6.10. The first-order valence-corrected chi connectivity index (χ1v) is 5.67. The van der Waals surface area contributed by atoms with E-state index >= 15 is 0 Å². The quantitative estimate of drug-likeness (QED) is 0.411. The van der Waals surface area contributed by atoms with Crippen molar-refractivity contribution in [1.82, 2.24) is 21.3 Å². The smallest absolute Gasteiger partial charge is 0.0164 e. The van der Waals surface area contributed by atoms with E-state index in [0.29, 0.717) is 12.1 Å². The van der Waals surface area contributed by atoms with Crippen molar-refractivity contribution in [2.24, 2.45) is 0 Å². The summed E-state index contributed by atoms with van der Waals surface area (Å²) in [4.78, 5) is 0. The van der Waals surface area contributed by atoms with Gasteiger partial charge >= 0.3 is 0 Å². The lowest BCUT2D eigenvalue weighted by molar-refractivity contribution is 0.376. The summed E-state index contributed by atoms with van der Waals surface area (Å²) in [5, 5.41) is 13.2. The lowest BCUT2D eigenvalue weighted by Crippen LogP contribution is -2.51. The maximum atomic E-state index is 3.37. The van der Waals surface area contributed by atoms with Crippen LogP contribution in [0.15, 0.2) is 0 Å². The summed E-state index contributed by atoms with van der Waals surface area (Å²) in [5.41, 5.74) is 0. The predicted octanol–water partition coefficient (Wildman–Crippen LogP) is -0.865. The molecule has 0 aliphatic carbocycles. The largest absolute Gasteiger partial charge is 0.314 e. The van der Waals surface area contributed by atoms with Crippen LogP contribution in [0.5, 0.6) is 0 Å². The lowest BCUT2D eigenvalue weighted by atomic mass is 10.2. The minimum Gasteiger partial charge on any atom is -0.314 e. The van der Waals surface area contributed by atoms with E-state index < -0.39 is 0 Å². The molecule has 0 aromatic carbocycles. The van der Waals surface area contributed by atoms with Gasteiger partial charge in [-0.3, -0.25) is 0 Å². The van der Waals surface area contributed by atoms with E-state index in [1.807, 2.05) is 0 Å². The molecule has 2 rings (SSSR count). The first kappa shape index (κ1) is 11.9. The molecule has 0 bridgehead atoms. The lowest BCUT2D eigenvalue weighted by Gasteiger charge is -2.26. The van der Waals surface area contributed by atoms with Gasteiger partial charge in [-0.1, -0.05) is 0 Å². The zero-order valence-electron chi connectivity index (χ0n) is 9.40. The maximum Gasteiger partial charge on any atom is 0.0164 e. The molecule has 0 aromatic rings. The van der Waals surface area contributed by atoms with Crippen molar-refractivity contribution >= 4 is 0 Å². The highest BCUT2D eigenvalue weighted by Gasteiger charge is 2.10. The third-order valence-corrected chi connectivity index (χ3v) is 2.50. The fourth-order valence-electron chi connectivity index (χ4n) is 1.50. The fourth-order valence-corrected chi connectivity index (χ4v) is 1.50. The molecule has 2 fully saturated rings. The Balaban J connectivity index is 0.000000146. The van der Waals surface area contributed by atoms with Crippen LogP contribution in [0.2, 0.25) is 0 Å². The van der Waals surface area contributed by atoms with Gasteiger partial charge in [-0.05, 0) is 13.8 Å².